The number of nitrogens with two attached hydrogens (primary N) is 1. The van der Waals surface area contributed by atoms with Gasteiger partial charge in [-0.05, 0) is 31.6 Å². The second-order valence-corrected chi connectivity index (χ2v) is 4.02. The summed E-state index contributed by atoms with van der Waals surface area (Å²) in [5.74, 6) is 1.67. The Kier molecular flexibility index (Phi) is 1.55. The molecule has 0 heterocycles. The van der Waals surface area contributed by atoms with E-state index < -0.39 is 0 Å². The molecule has 1 aliphatic rings. The van der Waals surface area contributed by atoms with Gasteiger partial charge in [-0.25, -0.2) is 0 Å². The number of hydrogen-bond donors (Lipinski definition) is 1. The van der Waals surface area contributed by atoms with Gasteiger partial charge in [0.1, 0.15) is 0 Å². The Bertz CT molecular complexity index is 95.1. The molecule has 0 aromatic heterocycles. The minimum absolute atomic E-state index is 0.138. The summed E-state index contributed by atoms with van der Waals surface area (Å²) in [5, 5.41) is 0. The molecule has 54 valence electrons. The highest BCUT2D eigenvalue weighted by Crippen LogP contribution is 2.36. The van der Waals surface area contributed by atoms with E-state index in [1.54, 1.807) is 0 Å². The highest BCUT2D eigenvalue weighted by atomic mass is 14.7. The van der Waals surface area contributed by atoms with Gasteiger partial charge in [0, 0.05) is 5.54 Å². The maximum Gasteiger partial charge on any atom is 0.0131 e. The van der Waals surface area contributed by atoms with E-state index in [0.717, 1.165) is 11.8 Å². The van der Waals surface area contributed by atoms with Crippen LogP contribution >= 0.6 is 0 Å². The Labute approximate surface area is 57.6 Å². The molecule has 0 bridgehead atoms. The van der Waals surface area contributed by atoms with E-state index in [1.165, 1.54) is 12.8 Å². The lowest BCUT2D eigenvalue weighted by Gasteiger charge is -2.15. The van der Waals surface area contributed by atoms with Crippen molar-refractivity contribution < 1.29 is 0 Å². The van der Waals surface area contributed by atoms with Crippen molar-refractivity contribution in [2.75, 3.05) is 0 Å². The lowest BCUT2D eigenvalue weighted by Crippen LogP contribution is -2.32. The monoisotopic (exact) mass is 127 g/mol. The molecule has 1 fully saturated rings. The molecular formula is C8H17N. The zero-order chi connectivity index (χ0) is 7.07. The van der Waals surface area contributed by atoms with Crippen LogP contribution in [0.2, 0.25) is 0 Å². The average molecular weight is 127 g/mol. The lowest BCUT2D eigenvalue weighted by molar-refractivity contribution is 0.457. The van der Waals surface area contributed by atoms with E-state index in [2.05, 4.69) is 20.8 Å². The average Bonchev–Trinajstić information content (AvgIpc) is 1.79. The fraction of sp³-hybridized carbons (Fsp3) is 1.00. The van der Waals surface area contributed by atoms with Crippen LogP contribution in [-0.4, -0.2) is 5.54 Å². The van der Waals surface area contributed by atoms with Crippen molar-refractivity contribution in [1.29, 1.82) is 0 Å². The van der Waals surface area contributed by atoms with Gasteiger partial charge in [-0.1, -0.05) is 13.8 Å². The topological polar surface area (TPSA) is 26.0 Å². The molecule has 1 nitrogen and oxygen atoms in total. The quantitative estimate of drug-likeness (QED) is 0.527. The summed E-state index contributed by atoms with van der Waals surface area (Å²) in [7, 11) is 0. The van der Waals surface area contributed by atoms with E-state index in [1.807, 2.05) is 0 Å². The molecule has 0 aromatic rings. The van der Waals surface area contributed by atoms with Gasteiger partial charge in [0.15, 0.2) is 0 Å². The Morgan fingerprint density at radius 1 is 1.22 bits per heavy atom. The van der Waals surface area contributed by atoms with Crippen LogP contribution < -0.4 is 5.73 Å². The Hall–Kier alpha value is -0.0400. The van der Waals surface area contributed by atoms with Crippen molar-refractivity contribution in [2.24, 2.45) is 17.6 Å². The SMILES string of the molecule is CC1CC(C)(N)CC1C. The van der Waals surface area contributed by atoms with Crippen molar-refractivity contribution >= 4 is 0 Å². The molecular weight excluding hydrogens is 110 g/mol. The smallest absolute Gasteiger partial charge is 0.0131 e. The molecule has 1 heteroatoms. The molecule has 2 unspecified atom stereocenters. The third-order valence-electron chi connectivity index (χ3n) is 2.55. The van der Waals surface area contributed by atoms with Gasteiger partial charge < -0.3 is 5.73 Å². The van der Waals surface area contributed by atoms with Crippen LogP contribution in [0.15, 0.2) is 0 Å². The van der Waals surface area contributed by atoms with Gasteiger partial charge in [0.05, 0.1) is 0 Å². The minimum atomic E-state index is 0.138. The zero-order valence-corrected chi connectivity index (χ0v) is 6.65. The third kappa shape index (κ3) is 1.45. The van der Waals surface area contributed by atoms with Gasteiger partial charge in [-0.2, -0.15) is 0 Å². The molecule has 0 saturated heterocycles. The predicted molar refractivity (Wildman–Crippen MR) is 40.2 cm³/mol. The lowest BCUT2D eigenvalue weighted by atomic mass is 10.0. The normalized spacial score (nSPS) is 52.0. The van der Waals surface area contributed by atoms with Gasteiger partial charge in [0.2, 0.25) is 0 Å². The molecule has 2 atom stereocenters. The van der Waals surface area contributed by atoms with Crippen LogP contribution in [0.5, 0.6) is 0 Å². The van der Waals surface area contributed by atoms with E-state index in [0.29, 0.717) is 0 Å². The van der Waals surface area contributed by atoms with Crippen molar-refractivity contribution in [3.05, 3.63) is 0 Å². The summed E-state index contributed by atoms with van der Waals surface area (Å²) in [6.45, 7) is 6.75. The van der Waals surface area contributed by atoms with Gasteiger partial charge in [-0.15, -0.1) is 0 Å². The molecule has 1 aliphatic carbocycles. The van der Waals surface area contributed by atoms with Crippen LogP contribution in [0.4, 0.5) is 0 Å². The van der Waals surface area contributed by atoms with Crippen LogP contribution in [0.25, 0.3) is 0 Å². The number of hydrogen-bond acceptors (Lipinski definition) is 1. The maximum absolute atomic E-state index is 5.96. The van der Waals surface area contributed by atoms with Crippen molar-refractivity contribution in [2.45, 2.75) is 39.2 Å². The summed E-state index contributed by atoms with van der Waals surface area (Å²) in [4.78, 5) is 0. The summed E-state index contributed by atoms with van der Waals surface area (Å²) in [6.07, 6.45) is 2.41. The Morgan fingerprint density at radius 3 is 1.67 bits per heavy atom. The van der Waals surface area contributed by atoms with E-state index in [-0.39, 0.29) is 5.54 Å². The van der Waals surface area contributed by atoms with Gasteiger partial charge >= 0.3 is 0 Å². The van der Waals surface area contributed by atoms with Gasteiger partial charge in [0.25, 0.3) is 0 Å². The maximum atomic E-state index is 5.96. The highest BCUT2D eigenvalue weighted by molar-refractivity contribution is 4.91. The Balaban J connectivity index is 2.54. The molecule has 1 rings (SSSR count). The molecule has 0 spiro atoms. The van der Waals surface area contributed by atoms with E-state index in [4.69, 9.17) is 5.73 Å². The first kappa shape index (κ1) is 7.07. The van der Waals surface area contributed by atoms with Crippen molar-refractivity contribution in [1.82, 2.24) is 0 Å². The van der Waals surface area contributed by atoms with E-state index in [9.17, 15) is 0 Å². The van der Waals surface area contributed by atoms with Crippen LogP contribution in [-0.2, 0) is 0 Å². The van der Waals surface area contributed by atoms with Crippen LogP contribution in [0, 0.1) is 11.8 Å². The highest BCUT2D eigenvalue weighted by Gasteiger charge is 2.34. The summed E-state index contributed by atoms with van der Waals surface area (Å²) in [5.41, 5.74) is 6.10. The van der Waals surface area contributed by atoms with Crippen LogP contribution in [0.1, 0.15) is 33.6 Å². The van der Waals surface area contributed by atoms with Crippen molar-refractivity contribution in [3.8, 4) is 0 Å². The largest absolute Gasteiger partial charge is 0.325 e. The second kappa shape index (κ2) is 1.98. The fourth-order valence-electron chi connectivity index (χ4n) is 1.96. The first-order valence-corrected chi connectivity index (χ1v) is 3.80. The summed E-state index contributed by atoms with van der Waals surface area (Å²) in [6, 6.07) is 0. The second-order valence-electron chi connectivity index (χ2n) is 4.02. The van der Waals surface area contributed by atoms with Crippen LogP contribution in [0.3, 0.4) is 0 Å². The molecule has 2 N–H and O–H groups in total. The zero-order valence-electron chi connectivity index (χ0n) is 6.65. The Morgan fingerprint density at radius 2 is 1.56 bits per heavy atom. The molecule has 1 saturated carbocycles. The molecule has 0 amide bonds. The molecule has 0 aliphatic heterocycles. The number of rotatable bonds is 0. The molecule has 9 heavy (non-hydrogen) atoms. The first-order valence-electron chi connectivity index (χ1n) is 3.80. The van der Waals surface area contributed by atoms with Crippen molar-refractivity contribution in [3.63, 3.8) is 0 Å². The third-order valence-corrected chi connectivity index (χ3v) is 2.55. The van der Waals surface area contributed by atoms with Gasteiger partial charge in [-0.3, -0.25) is 0 Å². The van der Waals surface area contributed by atoms with E-state index >= 15 is 0 Å². The predicted octanol–water partition coefficient (Wildman–Crippen LogP) is 1.77. The standard InChI is InChI=1S/C8H17N/c1-6-4-8(3,9)5-7(6)2/h6-7H,4-5,9H2,1-3H3. The fourth-order valence-corrected chi connectivity index (χ4v) is 1.96. The summed E-state index contributed by atoms with van der Waals surface area (Å²) < 4.78 is 0. The molecule has 0 aromatic carbocycles. The minimum Gasteiger partial charge on any atom is -0.325 e. The first-order chi connectivity index (χ1) is 4.01. The summed E-state index contributed by atoms with van der Waals surface area (Å²) >= 11 is 0. The molecule has 0 radical (unpaired) electrons.